The Morgan fingerprint density at radius 2 is 2.12 bits per heavy atom. The van der Waals surface area contributed by atoms with E-state index in [0.29, 0.717) is 16.2 Å². The smallest absolute Gasteiger partial charge is 0.411 e. The van der Waals surface area contributed by atoms with Crippen molar-refractivity contribution in [2.75, 3.05) is 11.9 Å². The first-order chi connectivity index (χ1) is 8.00. The minimum absolute atomic E-state index is 0.107. The van der Waals surface area contributed by atoms with E-state index in [-0.39, 0.29) is 5.15 Å². The molecule has 0 fully saturated rings. The maximum absolute atomic E-state index is 10.9. The topological polar surface area (TPSA) is 53.4 Å². The van der Waals surface area contributed by atoms with Crippen LogP contribution < -0.4 is 4.90 Å². The van der Waals surface area contributed by atoms with Crippen molar-refractivity contribution in [2.24, 2.45) is 0 Å². The number of aromatic nitrogens is 1. The van der Waals surface area contributed by atoms with Gasteiger partial charge in [0.25, 0.3) is 0 Å². The Morgan fingerprint density at radius 1 is 1.41 bits per heavy atom. The van der Waals surface area contributed by atoms with Gasteiger partial charge in [-0.2, -0.15) is 0 Å². The Bertz CT molecular complexity index is 601. The predicted molar refractivity (Wildman–Crippen MR) is 68.2 cm³/mol. The quantitative estimate of drug-likeness (QED) is 0.805. The first-order valence-corrected chi connectivity index (χ1v) is 5.47. The first kappa shape index (κ1) is 12.0. The van der Waals surface area contributed by atoms with E-state index in [1.165, 1.54) is 7.05 Å². The number of hydrogen-bond acceptors (Lipinski definition) is 2. The standard InChI is InChI=1S/C11H8Cl2N2O2/c1-15(11(16)17)8-5-6-3-2-4-7(12)9(6)14-10(8)13/h2-5H,1H3,(H,16,17). The van der Waals surface area contributed by atoms with E-state index in [1.54, 1.807) is 24.3 Å². The van der Waals surface area contributed by atoms with Crippen LogP contribution in [-0.4, -0.2) is 23.2 Å². The number of hydrogen-bond donors (Lipinski definition) is 1. The molecule has 2 aromatic rings. The van der Waals surface area contributed by atoms with Gasteiger partial charge in [0.2, 0.25) is 0 Å². The molecule has 0 atom stereocenters. The molecule has 2 rings (SSSR count). The van der Waals surface area contributed by atoms with Crippen LogP contribution in [0.3, 0.4) is 0 Å². The van der Waals surface area contributed by atoms with Crippen molar-refractivity contribution < 1.29 is 9.90 Å². The fourth-order valence-electron chi connectivity index (χ4n) is 1.47. The Morgan fingerprint density at radius 3 is 2.76 bits per heavy atom. The van der Waals surface area contributed by atoms with E-state index in [9.17, 15) is 4.79 Å². The average Bonchev–Trinajstić information content (AvgIpc) is 2.28. The maximum Gasteiger partial charge on any atom is 0.411 e. The highest BCUT2D eigenvalue weighted by Gasteiger charge is 2.15. The fraction of sp³-hybridized carbons (Fsp3) is 0.0909. The molecule has 0 radical (unpaired) electrons. The van der Waals surface area contributed by atoms with E-state index >= 15 is 0 Å². The summed E-state index contributed by atoms with van der Waals surface area (Å²) in [6.07, 6.45) is -1.10. The number of rotatable bonds is 1. The lowest BCUT2D eigenvalue weighted by molar-refractivity contribution is 0.203. The van der Waals surface area contributed by atoms with Gasteiger partial charge in [0, 0.05) is 12.4 Å². The van der Waals surface area contributed by atoms with Crippen LogP contribution in [-0.2, 0) is 0 Å². The zero-order valence-corrected chi connectivity index (χ0v) is 10.3. The van der Waals surface area contributed by atoms with Gasteiger partial charge in [0.15, 0.2) is 5.15 Å². The number of halogens is 2. The lowest BCUT2D eigenvalue weighted by Gasteiger charge is -2.15. The number of carboxylic acid groups (broad SMARTS) is 1. The molecule has 0 aliphatic heterocycles. The zero-order chi connectivity index (χ0) is 12.6. The van der Waals surface area contributed by atoms with Crippen LogP contribution >= 0.6 is 23.2 Å². The molecule has 0 aliphatic rings. The zero-order valence-electron chi connectivity index (χ0n) is 8.82. The average molecular weight is 271 g/mol. The minimum atomic E-state index is -1.10. The molecular weight excluding hydrogens is 263 g/mol. The van der Waals surface area contributed by atoms with Gasteiger partial charge >= 0.3 is 6.09 Å². The molecule has 0 saturated carbocycles. The van der Waals surface area contributed by atoms with Gasteiger partial charge in [-0.05, 0) is 12.1 Å². The highest BCUT2D eigenvalue weighted by Crippen LogP contribution is 2.30. The molecule has 0 unspecified atom stereocenters. The fourth-order valence-corrected chi connectivity index (χ4v) is 1.96. The summed E-state index contributed by atoms with van der Waals surface area (Å²) in [5, 5.41) is 10.2. The van der Waals surface area contributed by atoms with Gasteiger partial charge in [-0.3, -0.25) is 4.90 Å². The Labute approximate surface area is 107 Å². The Balaban J connectivity index is 2.68. The monoisotopic (exact) mass is 270 g/mol. The summed E-state index contributed by atoms with van der Waals surface area (Å²) in [4.78, 5) is 16.0. The van der Waals surface area contributed by atoms with Crippen molar-refractivity contribution in [1.29, 1.82) is 0 Å². The van der Waals surface area contributed by atoms with Crippen LogP contribution in [0.4, 0.5) is 10.5 Å². The second-order valence-corrected chi connectivity index (χ2v) is 4.22. The number of carbonyl (C=O) groups is 1. The molecule has 88 valence electrons. The summed E-state index contributed by atoms with van der Waals surface area (Å²) >= 11 is 11.9. The SMILES string of the molecule is CN(C(=O)O)c1cc2cccc(Cl)c2nc1Cl. The lowest BCUT2D eigenvalue weighted by atomic mass is 10.2. The molecule has 17 heavy (non-hydrogen) atoms. The Hall–Kier alpha value is -1.52. The van der Waals surface area contributed by atoms with Gasteiger partial charge in [-0.1, -0.05) is 35.3 Å². The molecule has 1 aromatic carbocycles. The van der Waals surface area contributed by atoms with Crippen molar-refractivity contribution >= 4 is 45.9 Å². The molecule has 1 aromatic heterocycles. The van der Waals surface area contributed by atoms with Gasteiger partial charge < -0.3 is 5.11 Å². The molecule has 1 heterocycles. The third-order valence-corrected chi connectivity index (χ3v) is 2.96. The molecule has 4 nitrogen and oxygen atoms in total. The summed E-state index contributed by atoms with van der Waals surface area (Å²) in [5.41, 5.74) is 0.885. The number of para-hydroxylation sites is 1. The van der Waals surface area contributed by atoms with Crippen molar-refractivity contribution in [2.45, 2.75) is 0 Å². The number of pyridine rings is 1. The second kappa shape index (κ2) is 4.39. The van der Waals surface area contributed by atoms with Crippen molar-refractivity contribution in [3.8, 4) is 0 Å². The third kappa shape index (κ3) is 2.14. The van der Waals surface area contributed by atoms with Crippen LogP contribution in [0.15, 0.2) is 24.3 Å². The first-order valence-electron chi connectivity index (χ1n) is 4.72. The predicted octanol–water partition coefficient (Wildman–Crippen LogP) is 3.66. The van der Waals surface area contributed by atoms with Crippen molar-refractivity contribution in [1.82, 2.24) is 4.98 Å². The summed E-state index contributed by atoms with van der Waals surface area (Å²) in [6, 6.07) is 6.91. The van der Waals surface area contributed by atoms with Gasteiger partial charge in [0.05, 0.1) is 16.2 Å². The molecule has 1 amide bonds. The van der Waals surface area contributed by atoms with Crippen LogP contribution in [0.1, 0.15) is 0 Å². The van der Waals surface area contributed by atoms with E-state index < -0.39 is 6.09 Å². The summed E-state index contributed by atoms with van der Waals surface area (Å²) in [6.45, 7) is 0. The number of amides is 1. The van der Waals surface area contributed by atoms with E-state index in [2.05, 4.69) is 4.98 Å². The van der Waals surface area contributed by atoms with Gasteiger partial charge in [-0.15, -0.1) is 0 Å². The molecule has 6 heteroatoms. The summed E-state index contributed by atoms with van der Waals surface area (Å²) < 4.78 is 0. The van der Waals surface area contributed by atoms with Crippen LogP contribution in [0.2, 0.25) is 10.2 Å². The molecular formula is C11H8Cl2N2O2. The molecule has 0 spiro atoms. The minimum Gasteiger partial charge on any atom is -0.465 e. The number of nitrogens with zero attached hydrogens (tertiary/aromatic N) is 2. The van der Waals surface area contributed by atoms with Gasteiger partial charge in [-0.25, -0.2) is 9.78 Å². The normalized spacial score (nSPS) is 10.5. The van der Waals surface area contributed by atoms with E-state index in [1.807, 2.05) is 0 Å². The van der Waals surface area contributed by atoms with Crippen LogP contribution in [0, 0.1) is 0 Å². The van der Waals surface area contributed by atoms with Crippen molar-refractivity contribution in [3.63, 3.8) is 0 Å². The van der Waals surface area contributed by atoms with Crippen molar-refractivity contribution in [3.05, 3.63) is 34.4 Å². The largest absolute Gasteiger partial charge is 0.465 e. The maximum atomic E-state index is 10.9. The van der Waals surface area contributed by atoms with Gasteiger partial charge in [0.1, 0.15) is 0 Å². The highest BCUT2D eigenvalue weighted by molar-refractivity contribution is 6.36. The number of benzene rings is 1. The number of anilines is 1. The number of fused-ring (bicyclic) bond motifs is 1. The second-order valence-electron chi connectivity index (χ2n) is 3.45. The molecule has 1 N–H and O–H groups in total. The van der Waals surface area contributed by atoms with Crippen LogP contribution in [0.5, 0.6) is 0 Å². The summed E-state index contributed by atoms with van der Waals surface area (Å²) in [7, 11) is 1.40. The molecule has 0 aliphatic carbocycles. The molecule has 0 saturated heterocycles. The highest BCUT2D eigenvalue weighted by atomic mass is 35.5. The molecule has 0 bridgehead atoms. The lowest BCUT2D eigenvalue weighted by Crippen LogP contribution is -2.24. The summed E-state index contributed by atoms with van der Waals surface area (Å²) in [5.74, 6) is 0. The van der Waals surface area contributed by atoms with E-state index in [4.69, 9.17) is 28.3 Å². The van der Waals surface area contributed by atoms with Crippen LogP contribution in [0.25, 0.3) is 10.9 Å². The Kier molecular flexibility index (Phi) is 3.09. The third-order valence-electron chi connectivity index (χ3n) is 2.38. The van der Waals surface area contributed by atoms with E-state index in [0.717, 1.165) is 10.3 Å².